The molecule has 3 aromatic rings. The van der Waals surface area contributed by atoms with Gasteiger partial charge in [-0.25, -0.2) is 0 Å². The second-order valence-corrected chi connectivity index (χ2v) is 8.47. The highest BCUT2D eigenvalue weighted by atomic mass is 32.1. The summed E-state index contributed by atoms with van der Waals surface area (Å²) in [5.74, 6) is -0.766. The molecule has 5 N–H and O–H groups in total. The molecule has 0 radical (unpaired) electrons. The quantitative estimate of drug-likeness (QED) is 0.303. The maximum absolute atomic E-state index is 14.0. The number of nitrogens with one attached hydrogen (secondary N) is 1. The molecule has 0 aliphatic carbocycles. The predicted molar refractivity (Wildman–Crippen MR) is 140 cm³/mol. The van der Waals surface area contributed by atoms with E-state index in [0.717, 1.165) is 11.5 Å². The molecule has 0 bridgehead atoms. The summed E-state index contributed by atoms with van der Waals surface area (Å²) in [5.41, 5.74) is 12.0. The fourth-order valence-corrected chi connectivity index (χ4v) is 4.31. The lowest BCUT2D eigenvalue weighted by molar-refractivity contribution is -0.122. The Morgan fingerprint density at radius 3 is 2.24 bits per heavy atom. The predicted octanol–water partition coefficient (Wildman–Crippen LogP) is 2.38. The van der Waals surface area contributed by atoms with Crippen molar-refractivity contribution in [3.63, 3.8) is 0 Å². The number of carbonyl (C=O) groups excluding carboxylic acids is 3. The van der Waals surface area contributed by atoms with Crippen molar-refractivity contribution in [2.75, 3.05) is 44.6 Å². The van der Waals surface area contributed by atoms with Crippen LogP contribution >= 0.6 is 11.5 Å². The van der Waals surface area contributed by atoms with Crippen molar-refractivity contribution in [1.82, 2.24) is 9.69 Å². The van der Waals surface area contributed by atoms with Crippen LogP contribution in [0.3, 0.4) is 0 Å². The summed E-state index contributed by atoms with van der Waals surface area (Å²) in [7, 11) is 3.05. The number of aromatic nitrogens is 1. The third kappa shape index (κ3) is 6.35. The lowest BCUT2D eigenvalue weighted by Gasteiger charge is -2.31. The van der Waals surface area contributed by atoms with Crippen molar-refractivity contribution in [1.29, 1.82) is 0 Å². The first-order chi connectivity index (χ1) is 17.8. The molecule has 0 fully saturated rings. The number of hydrogen-bond donors (Lipinski definition) is 3. The van der Waals surface area contributed by atoms with Crippen LogP contribution in [-0.2, 0) is 9.53 Å². The van der Waals surface area contributed by atoms with E-state index in [9.17, 15) is 14.4 Å². The summed E-state index contributed by atoms with van der Waals surface area (Å²) in [4.78, 5) is 40.6. The molecule has 3 rings (SSSR count). The first kappa shape index (κ1) is 27.4. The van der Waals surface area contributed by atoms with Crippen molar-refractivity contribution in [3.8, 4) is 11.5 Å². The fourth-order valence-electron chi connectivity index (χ4n) is 3.57. The van der Waals surface area contributed by atoms with Gasteiger partial charge in [0, 0.05) is 19.3 Å². The number of nitrogen functional groups attached to an aromatic ring is 1. The lowest BCUT2D eigenvalue weighted by atomic mass is 10.0. The number of carbonyl (C=O) groups is 3. The van der Waals surface area contributed by atoms with E-state index < -0.39 is 23.8 Å². The minimum atomic E-state index is -1.12. The Morgan fingerprint density at radius 1 is 1.05 bits per heavy atom. The molecule has 37 heavy (non-hydrogen) atoms. The van der Waals surface area contributed by atoms with Crippen LogP contribution in [0.15, 0.2) is 48.5 Å². The molecule has 3 amide bonds. The highest BCUT2D eigenvalue weighted by Crippen LogP contribution is 2.34. The van der Waals surface area contributed by atoms with Gasteiger partial charge in [-0.05, 0) is 60.4 Å². The molecule has 0 aliphatic heterocycles. The summed E-state index contributed by atoms with van der Waals surface area (Å²) in [6.45, 7) is 2.83. The molecule has 0 saturated carbocycles. The molecule has 1 heterocycles. The number of ether oxygens (including phenoxy) is 3. The van der Waals surface area contributed by atoms with E-state index in [2.05, 4.69) is 9.69 Å². The number of nitrogens with zero attached hydrogens (tertiary/aromatic N) is 2. The molecule has 0 aliphatic rings. The summed E-state index contributed by atoms with van der Waals surface area (Å²) in [5, 5.41) is 2.81. The van der Waals surface area contributed by atoms with Gasteiger partial charge in [0.15, 0.2) is 5.69 Å². The first-order valence-corrected chi connectivity index (χ1v) is 12.1. The number of hydrogen-bond acceptors (Lipinski definition) is 9. The van der Waals surface area contributed by atoms with Gasteiger partial charge in [0.2, 0.25) is 5.91 Å². The van der Waals surface area contributed by atoms with Crippen LogP contribution in [0.1, 0.15) is 38.7 Å². The lowest BCUT2D eigenvalue weighted by Crippen LogP contribution is -2.44. The molecular weight excluding hydrogens is 498 g/mol. The highest BCUT2D eigenvalue weighted by molar-refractivity contribution is 7.09. The van der Waals surface area contributed by atoms with E-state index in [1.54, 1.807) is 48.5 Å². The third-order valence-corrected chi connectivity index (χ3v) is 6.19. The Balaban J connectivity index is 2.16. The third-order valence-electron chi connectivity index (χ3n) is 5.34. The summed E-state index contributed by atoms with van der Waals surface area (Å²) in [6, 6.07) is 12.4. The van der Waals surface area contributed by atoms with Gasteiger partial charge < -0.3 is 31.0 Å². The maximum atomic E-state index is 14.0. The van der Waals surface area contributed by atoms with Gasteiger partial charge in [-0.1, -0.05) is 12.1 Å². The summed E-state index contributed by atoms with van der Waals surface area (Å²) in [6.07, 6.45) is 0. The Labute approximate surface area is 218 Å². The van der Waals surface area contributed by atoms with Gasteiger partial charge in [0.25, 0.3) is 11.8 Å². The van der Waals surface area contributed by atoms with Crippen LogP contribution in [0.25, 0.3) is 0 Å². The molecule has 1 aromatic heterocycles. The Morgan fingerprint density at radius 2 is 1.70 bits per heavy atom. The average molecular weight is 528 g/mol. The summed E-state index contributed by atoms with van der Waals surface area (Å²) >= 11 is 0.735. The molecule has 0 saturated heterocycles. The van der Waals surface area contributed by atoms with E-state index in [1.807, 2.05) is 6.92 Å². The first-order valence-electron chi connectivity index (χ1n) is 11.3. The molecule has 1 atom stereocenters. The number of nitrogens with two attached hydrogens (primary N) is 2. The number of methoxy groups -OCH3 is 2. The number of rotatable bonds is 12. The second kappa shape index (κ2) is 12.7. The molecular formula is C25H29N5O6S. The van der Waals surface area contributed by atoms with Crippen molar-refractivity contribution >= 4 is 40.6 Å². The Kier molecular flexibility index (Phi) is 9.41. The van der Waals surface area contributed by atoms with Crippen molar-refractivity contribution in [3.05, 3.63) is 64.7 Å². The van der Waals surface area contributed by atoms with E-state index in [0.29, 0.717) is 29.4 Å². The van der Waals surface area contributed by atoms with Crippen molar-refractivity contribution in [2.24, 2.45) is 5.73 Å². The largest absolute Gasteiger partial charge is 0.497 e. The second-order valence-electron chi connectivity index (χ2n) is 7.70. The molecule has 2 aromatic carbocycles. The van der Waals surface area contributed by atoms with E-state index in [4.69, 9.17) is 25.7 Å². The Hall–Kier alpha value is -4.16. The van der Waals surface area contributed by atoms with E-state index in [-0.39, 0.29) is 29.4 Å². The molecule has 196 valence electrons. The number of primary amides is 1. The van der Waals surface area contributed by atoms with Crippen LogP contribution in [-0.4, -0.2) is 56.1 Å². The SMILES string of the molecule is CCOc1ccc(N(C(=O)c2snc(C(N)=O)c2N)C(C(=O)NCCOC)c2ccc(OC)cc2)cc1. The standard InChI is InChI=1S/C25H29N5O6S/c1-4-36-18-11-7-16(8-12-18)30(25(33)22-19(26)20(23(27)31)29-37-22)21(24(32)28-13-14-34-2)15-5-9-17(35-3)10-6-15/h5-12,21H,4,13-14,26H2,1-3H3,(H2,27,31)(H,28,32). The van der Waals surface area contributed by atoms with Crippen LogP contribution in [0, 0.1) is 0 Å². The zero-order valence-corrected chi connectivity index (χ0v) is 21.5. The van der Waals surface area contributed by atoms with Crippen LogP contribution in [0.4, 0.5) is 11.4 Å². The Bertz CT molecular complexity index is 1230. The monoisotopic (exact) mass is 527 g/mol. The highest BCUT2D eigenvalue weighted by Gasteiger charge is 2.36. The van der Waals surface area contributed by atoms with Crippen molar-refractivity contribution in [2.45, 2.75) is 13.0 Å². The average Bonchev–Trinajstić information content (AvgIpc) is 3.29. The number of amides is 3. The zero-order chi connectivity index (χ0) is 26.9. The minimum absolute atomic E-state index is 0.0223. The topological polar surface area (TPSA) is 159 Å². The molecule has 11 nitrogen and oxygen atoms in total. The molecule has 0 spiro atoms. The summed E-state index contributed by atoms with van der Waals surface area (Å²) < 4.78 is 19.8. The number of anilines is 2. The molecule has 1 unspecified atom stereocenters. The smallest absolute Gasteiger partial charge is 0.273 e. The maximum Gasteiger partial charge on any atom is 0.273 e. The van der Waals surface area contributed by atoms with Gasteiger partial charge in [-0.2, -0.15) is 4.37 Å². The van der Waals surface area contributed by atoms with Gasteiger partial charge in [0.05, 0.1) is 26.0 Å². The van der Waals surface area contributed by atoms with Crippen molar-refractivity contribution < 1.29 is 28.6 Å². The van der Waals surface area contributed by atoms with Crippen LogP contribution in [0.2, 0.25) is 0 Å². The van der Waals surface area contributed by atoms with Crippen LogP contribution in [0.5, 0.6) is 11.5 Å². The van der Waals surface area contributed by atoms with Gasteiger partial charge >= 0.3 is 0 Å². The van der Waals surface area contributed by atoms with Crippen LogP contribution < -0.4 is 31.2 Å². The fraction of sp³-hybridized carbons (Fsp3) is 0.280. The van der Waals surface area contributed by atoms with E-state index in [1.165, 1.54) is 19.1 Å². The zero-order valence-electron chi connectivity index (χ0n) is 20.7. The van der Waals surface area contributed by atoms with Gasteiger partial charge in [0.1, 0.15) is 22.4 Å². The normalized spacial score (nSPS) is 11.4. The van der Waals surface area contributed by atoms with E-state index >= 15 is 0 Å². The molecule has 12 heteroatoms. The number of benzene rings is 2. The van der Waals surface area contributed by atoms with Gasteiger partial charge in [-0.3, -0.25) is 19.3 Å². The van der Waals surface area contributed by atoms with Gasteiger partial charge in [-0.15, -0.1) is 0 Å². The minimum Gasteiger partial charge on any atom is -0.497 e.